The molecule has 0 heterocycles. The van der Waals surface area contributed by atoms with E-state index in [1.165, 1.54) is 6.07 Å². The summed E-state index contributed by atoms with van der Waals surface area (Å²) in [5.74, 6) is -0.360. The van der Waals surface area contributed by atoms with Gasteiger partial charge in [0, 0.05) is 15.2 Å². The van der Waals surface area contributed by atoms with Gasteiger partial charge in [0.2, 0.25) is 0 Å². The zero-order valence-electron chi connectivity index (χ0n) is 7.34. The second-order valence-electron chi connectivity index (χ2n) is 2.75. The summed E-state index contributed by atoms with van der Waals surface area (Å²) in [4.78, 5) is 0. The van der Waals surface area contributed by atoms with E-state index in [-0.39, 0.29) is 24.6 Å². The Bertz CT molecular complexity index is 296. The SMILES string of the molecule is Cl.N[C@H](CCF)c1cc(I)ccc1F. The first kappa shape index (κ1) is 14.1. The van der Waals surface area contributed by atoms with Crippen LogP contribution in [0.1, 0.15) is 18.0 Å². The molecule has 0 aromatic heterocycles. The third-order valence-corrected chi connectivity index (χ3v) is 2.45. The Morgan fingerprint density at radius 1 is 1.43 bits per heavy atom. The largest absolute Gasteiger partial charge is 0.324 e. The highest BCUT2D eigenvalue weighted by Gasteiger charge is 2.11. The van der Waals surface area contributed by atoms with E-state index in [4.69, 9.17) is 5.73 Å². The standard InChI is InChI=1S/C9H10F2IN.ClH/c10-4-3-9(13)7-5-6(12)1-2-8(7)11;/h1-2,5,9H,3-4,13H2;1H/t9-;/m1./s1. The van der Waals surface area contributed by atoms with Gasteiger partial charge in [-0.15, -0.1) is 12.4 Å². The summed E-state index contributed by atoms with van der Waals surface area (Å²) >= 11 is 2.07. The zero-order valence-corrected chi connectivity index (χ0v) is 10.3. The van der Waals surface area contributed by atoms with Gasteiger partial charge in [-0.1, -0.05) is 0 Å². The van der Waals surface area contributed by atoms with E-state index in [9.17, 15) is 8.78 Å². The highest BCUT2D eigenvalue weighted by Crippen LogP contribution is 2.20. The molecule has 0 saturated heterocycles. The minimum atomic E-state index is -0.542. The molecule has 0 fully saturated rings. The van der Waals surface area contributed by atoms with Gasteiger partial charge in [0.05, 0.1) is 6.67 Å². The number of hydrogen-bond acceptors (Lipinski definition) is 1. The Hall–Kier alpha value is 0.0600. The van der Waals surface area contributed by atoms with E-state index < -0.39 is 12.7 Å². The van der Waals surface area contributed by atoms with E-state index in [1.54, 1.807) is 12.1 Å². The van der Waals surface area contributed by atoms with Crippen LogP contribution in [0.2, 0.25) is 0 Å². The molecule has 0 radical (unpaired) electrons. The van der Waals surface area contributed by atoms with Crippen LogP contribution in [-0.2, 0) is 0 Å². The molecule has 0 aliphatic carbocycles. The van der Waals surface area contributed by atoms with Crippen LogP contribution in [0.25, 0.3) is 0 Å². The molecule has 80 valence electrons. The summed E-state index contributed by atoms with van der Waals surface area (Å²) in [6.45, 7) is -0.522. The molecule has 0 aliphatic rings. The van der Waals surface area contributed by atoms with Gasteiger partial charge >= 0.3 is 0 Å². The van der Waals surface area contributed by atoms with Crippen molar-refractivity contribution in [2.24, 2.45) is 5.73 Å². The highest BCUT2D eigenvalue weighted by molar-refractivity contribution is 14.1. The first-order chi connectivity index (χ1) is 6.15. The summed E-state index contributed by atoms with van der Waals surface area (Å²) in [6.07, 6.45) is 0.164. The Morgan fingerprint density at radius 3 is 2.64 bits per heavy atom. The Kier molecular flexibility index (Phi) is 6.55. The van der Waals surface area contributed by atoms with Crippen LogP contribution in [0.15, 0.2) is 18.2 Å². The van der Waals surface area contributed by atoms with E-state index in [0.717, 1.165) is 3.57 Å². The molecule has 1 aromatic rings. The van der Waals surface area contributed by atoms with E-state index in [2.05, 4.69) is 22.6 Å². The Labute approximate surface area is 102 Å². The first-order valence-corrected chi connectivity index (χ1v) is 4.99. The average Bonchev–Trinajstić information content (AvgIpc) is 2.09. The van der Waals surface area contributed by atoms with Crippen molar-refractivity contribution in [3.8, 4) is 0 Å². The van der Waals surface area contributed by atoms with Gasteiger partial charge < -0.3 is 5.73 Å². The van der Waals surface area contributed by atoms with Crippen molar-refractivity contribution in [1.82, 2.24) is 0 Å². The van der Waals surface area contributed by atoms with Gasteiger partial charge in [0.15, 0.2) is 0 Å². The van der Waals surface area contributed by atoms with Gasteiger partial charge in [-0.05, 0) is 47.2 Å². The number of halogens is 4. The van der Waals surface area contributed by atoms with E-state index in [0.29, 0.717) is 5.56 Å². The smallest absolute Gasteiger partial charge is 0.128 e. The topological polar surface area (TPSA) is 26.0 Å². The monoisotopic (exact) mass is 333 g/mol. The van der Waals surface area contributed by atoms with Crippen LogP contribution in [-0.4, -0.2) is 6.67 Å². The van der Waals surface area contributed by atoms with Gasteiger partial charge in [-0.25, -0.2) is 4.39 Å². The fourth-order valence-corrected chi connectivity index (χ4v) is 1.59. The van der Waals surface area contributed by atoms with Crippen molar-refractivity contribution in [3.05, 3.63) is 33.1 Å². The second-order valence-corrected chi connectivity index (χ2v) is 4.00. The van der Waals surface area contributed by atoms with Crippen LogP contribution in [0.4, 0.5) is 8.78 Å². The van der Waals surface area contributed by atoms with Crippen LogP contribution < -0.4 is 5.73 Å². The third kappa shape index (κ3) is 3.67. The molecule has 0 aliphatic heterocycles. The van der Waals surface area contributed by atoms with E-state index in [1.807, 2.05) is 0 Å². The molecule has 1 atom stereocenters. The van der Waals surface area contributed by atoms with Gasteiger partial charge in [-0.3, -0.25) is 4.39 Å². The van der Waals surface area contributed by atoms with Crippen LogP contribution >= 0.6 is 35.0 Å². The fraction of sp³-hybridized carbons (Fsp3) is 0.333. The predicted octanol–water partition coefficient (Wildman–Crippen LogP) is 3.21. The van der Waals surface area contributed by atoms with Crippen molar-refractivity contribution in [3.63, 3.8) is 0 Å². The maximum absolute atomic E-state index is 13.1. The van der Waals surface area contributed by atoms with Gasteiger partial charge in [0.1, 0.15) is 5.82 Å². The quantitative estimate of drug-likeness (QED) is 0.845. The van der Waals surface area contributed by atoms with Crippen molar-refractivity contribution < 1.29 is 8.78 Å². The Balaban J connectivity index is 0.00000169. The molecular formula is C9H11ClF2IN. The molecule has 0 bridgehead atoms. The number of alkyl halides is 1. The fourth-order valence-electron chi connectivity index (χ4n) is 1.07. The number of nitrogens with two attached hydrogens (primary N) is 1. The Morgan fingerprint density at radius 2 is 2.07 bits per heavy atom. The van der Waals surface area contributed by atoms with Crippen molar-refractivity contribution in [1.29, 1.82) is 0 Å². The molecule has 1 aromatic carbocycles. The van der Waals surface area contributed by atoms with Crippen LogP contribution in [0.5, 0.6) is 0 Å². The van der Waals surface area contributed by atoms with Crippen molar-refractivity contribution >= 4 is 35.0 Å². The molecule has 0 unspecified atom stereocenters. The molecule has 0 amide bonds. The molecule has 0 spiro atoms. The van der Waals surface area contributed by atoms with Gasteiger partial charge in [-0.2, -0.15) is 0 Å². The molecule has 0 saturated carbocycles. The number of hydrogen-bond donors (Lipinski definition) is 1. The first-order valence-electron chi connectivity index (χ1n) is 3.91. The molecule has 2 N–H and O–H groups in total. The molecular weight excluding hydrogens is 322 g/mol. The lowest BCUT2D eigenvalue weighted by Gasteiger charge is -2.10. The zero-order chi connectivity index (χ0) is 9.84. The van der Waals surface area contributed by atoms with Gasteiger partial charge in [0.25, 0.3) is 0 Å². The molecule has 1 rings (SSSR count). The van der Waals surface area contributed by atoms with E-state index >= 15 is 0 Å². The minimum absolute atomic E-state index is 0. The lowest BCUT2D eigenvalue weighted by Crippen LogP contribution is -2.13. The number of benzene rings is 1. The van der Waals surface area contributed by atoms with Crippen LogP contribution in [0, 0.1) is 9.39 Å². The lowest BCUT2D eigenvalue weighted by atomic mass is 10.1. The molecule has 1 nitrogen and oxygen atoms in total. The maximum atomic E-state index is 13.1. The second kappa shape index (κ2) is 6.53. The minimum Gasteiger partial charge on any atom is -0.324 e. The predicted molar refractivity (Wildman–Crippen MR) is 63.9 cm³/mol. The summed E-state index contributed by atoms with van der Waals surface area (Å²) in [6, 6.07) is 4.12. The summed E-state index contributed by atoms with van der Waals surface area (Å²) < 4.78 is 26.0. The normalized spacial score (nSPS) is 12.0. The average molecular weight is 334 g/mol. The highest BCUT2D eigenvalue weighted by atomic mass is 127. The summed E-state index contributed by atoms with van der Waals surface area (Å²) in [5.41, 5.74) is 5.98. The maximum Gasteiger partial charge on any atom is 0.128 e. The van der Waals surface area contributed by atoms with Crippen molar-refractivity contribution in [2.45, 2.75) is 12.5 Å². The van der Waals surface area contributed by atoms with Crippen molar-refractivity contribution in [2.75, 3.05) is 6.67 Å². The number of rotatable bonds is 3. The van der Waals surface area contributed by atoms with Crippen LogP contribution in [0.3, 0.4) is 0 Å². The lowest BCUT2D eigenvalue weighted by molar-refractivity contribution is 0.435. The third-order valence-electron chi connectivity index (χ3n) is 1.78. The summed E-state index contributed by atoms with van der Waals surface area (Å²) in [7, 11) is 0. The summed E-state index contributed by atoms with van der Waals surface area (Å²) in [5, 5.41) is 0. The molecule has 14 heavy (non-hydrogen) atoms. The molecule has 5 heteroatoms.